The van der Waals surface area contributed by atoms with Gasteiger partial charge in [0.25, 0.3) is 0 Å². The van der Waals surface area contributed by atoms with Crippen molar-refractivity contribution >= 4 is 46.3 Å². The highest BCUT2D eigenvalue weighted by Crippen LogP contribution is 2.42. The van der Waals surface area contributed by atoms with Gasteiger partial charge in [0.2, 0.25) is 0 Å². The Bertz CT molecular complexity index is 891. The van der Waals surface area contributed by atoms with Crippen molar-refractivity contribution in [1.29, 1.82) is 0 Å². The highest BCUT2D eigenvalue weighted by atomic mass is 35.5. The smallest absolute Gasteiger partial charge is 0.376 e. The molecule has 0 spiro atoms. The van der Waals surface area contributed by atoms with Gasteiger partial charge < -0.3 is 15.7 Å². The molecule has 29 heavy (non-hydrogen) atoms. The summed E-state index contributed by atoms with van der Waals surface area (Å²) in [4.78, 5) is 15.2. The van der Waals surface area contributed by atoms with Gasteiger partial charge in [-0.25, -0.2) is 9.78 Å². The summed E-state index contributed by atoms with van der Waals surface area (Å²) in [7, 11) is 0. The zero-order valence-electron chi connectivity index (χ0n) is 14.2. The van der Waals surface area contributed by atoms with E-state index in [2.05, 4.69) is 15.6 Å². The molecule has 1 unspecified atom stereocenters. The van der Waals surface area contributed by atoms with Crippen molar-refractivity contribution in [3.05, 3.63) is 43.8 Å². The third-order valence-corrected chi connectivity index (χ3v) is 5.25. The second-order valence-electron chi connectivity index (χ2n) is 5.82. The summed E-state index contributed by atoms with van der Waals surface area (Å²) >= 11 is 12.1. The number of hydrogen-bond donors (Lipinski definition) is 3. The predicted molar refractivity (Wildman–Crippen MR) is 95.1 cm³/mol. The van der Waals surface area contributed by atoms with Gasteiger partial charge in [0.1, 0.15) is 0 Å². The molecule has 5 nitrogen and oxygen atoms in total. The van der Waals surface area contributed by atoms with Gasteiger partial charge in [-0.1, -0.05) is 23.2 Å². The van der Waals surface area contributed by atoms with E-state index in [4.69, 9.17) is 23.2 Å². The number of hydrogen-bond acceptors (Lipinski definition) is 4. The van der Waals surface area contributed by atoms with Crippen LogP contribution in [0.15, 0.2) is 18.3 Å². The molecule has 2 rings (SSSR count). The summed E-state index contributed by atoms with van der Waals surface area (Å²) in [6, 6.07) is 0.649. The molecule has 2 amide bonds. The maximum absolute atomic E-state index is 12.9. The van der Waals surface area contributed by atoms with E-state index in [1.54, 1.807) is 0 Å². The topological polar surface area (TPSA) is 74.2 Å². The van der Waals surface area contributed by atoms with E-state index in [0.29, 0.717) is 18.3 Å². The molecule has 1 aromatic heterocycles. The van der Waals surface area contributed by atoms with Crippen molar-refractivity contribution in [2.24, 2.45) is 0 Å². The van der Waals surface area contributed by atoms with E-state index in [9.17, 15) is 36.2 Å². The van der Waals surface area contributed by atoms with Gasteiger partial charge in [-0.2, -0.15) is 26.3 Å². The van der Waals surface area contributed by atoms with E-state index < -0.39 is 34.6 Å². The van der Waals surface area contributed by atoms with E-state index >= 15 is 0 Å². The first-order valence-corrected chi connectivity index (χ1v) is 9.05. The maximum atomic E-state index is 12.9. The minimum atomic E-state index is -5.00. The average Bonchev–Trinajstić information content (AvgIpc) is 3.04. The van der Waals surface area contributed by atoms with E-state index in [0.717, 1.165) is 18.3 Å². The first kappa shape index (κ1) is 23.5. The zero-order valence-corrected chi connectivity index (χ0v) is 16.5. The quantitative estimate of drug-likeness (QED) is 0.500. The monoisotopic (exact) mass is 481 g/mol. The lowest BCUT2D eigenvalue weighted by molar-refractivity contribution is -0.258. The molecule has 1 atom stereocenters. The van der Waals surface area contributed by atoms with Crippen molar-refractivity contribution in [2.75, 3.05) is 5.32 Å². The molecule has 0 bridgehead atoms. The fraction of sp³-hybridized carbons (Fsp3) is 0.333. The zero-order chi connectivity index (χ0) is 22.2. The highest BCUT2D eigenvalue weighted by molar-refractivity contribution is 7.11. The molecule has 0 radical (unpaired) electrons. The number of thiazole rings is 1. The minimum absolute atomic E-state index is 0.112. The van der Waals surface area contributed by atoms with Crippen LogP contribution in [0.3, 0.4) is 0 Å². The molecular weight excluding hydrogens is 471 g/mol. The molecule has 2 aromatic rings. The number of halogens is 8. The summed E-state index contributed by atoms with van der Waals surface area (Å²) in [6.07, 6.45) is -8.66. The predicted octanol–water partition coefficient (Wildman–Crippen LogP) is 5.56. The molecule has 3 N–H and O–H groups in total. The molecule has 0 saturated carbocycles. The van der Waals surface area contributed by atoms with Crippen molar-refractivity contribution in [3.63, 3.8) is 0 Å². The first-order chi connectivity index (χ1) is 13.1. The Hall–Kier alpha value is -1.76. The Morgan fingerprint density at radius 2 is 1.72 bits per heavy atom. The first-order valence-electron chi connectivity index (χ1n) is 7.48. The van der Waals surface area contributed by atoms with Crippen LogP contribution >= 0.6 is 34.5 Å². The summed E-state index contributed by atoms with van der Waals surface area (Å²) in [6.45, 7) is 0.217. The van der Waals surface area contributed by atoms with Gasteiger partial charge in [0, 0.05) is 11.1 Å². The van der Waals surface area contributed by atoms with E-state index in [1.807, 2.05) is 0 Å². The summed E-state index contributed by atoms with van der Waals surface area (Å²) in [5.74, 6) is 0. The van der Waals surface area contributed by atoms with Crippen LogP contribution in [0.2, 0.25) is 10.0 Å². The maximum Gasteiger partial charge on any atom is 0.443 e. The van der Waals surface area contributed by atoms with Crippen LogP contribution in [0, 0.1) is 0 Å². The standard InChI is InChI=1S/C15H11Cl2F6N3O2S/c1-13(28,15(21,22)23)6-2-8(16)10(9(17)3-6)26-12(27)25-5-7-4-24-11(29-7)14(18,19)20/h2-4,28H,5H2,1H3,(H2,25,26,27). The normalized spacial score (nSPS) is 14.4. The molecular formula is C15H11Cl2F6N3O2S. The van der Waals surface area contributed by atoms with Gasteiger partial charge in [-0.15, -0.1) is 11.3 Å². The highest BCUT2D eigenvalue weighted by Gasteiger charge is 2.51. The largest absolute Gasteiger partial charge is 0.443 e. The lowest BCUT2D eigenvalue weighted by Gasteiger charge is -2.27. The number of amides is 2. The number of carbonyl (C=O) groups excluding carboxylic acids is 1. The van der Waals surface area contributed by atoms with Crippen LogP contribution in [-0.4, -0.2) is 22.3 Å². The van der Waals surface area contributed by atoms with Crippen molar-refractivity contribution in [2.45, 2.75) is 31.4 Å². The molecule has 1 heterocycles. The van der Waals surface area contributed by atoms with Crippen LogP contribution < -0.4 is 10.6 Å². The number of alkyl halides is 6. The van der Waals surface area contributed by atoms with Crippen molar-refractivity contribution in [3.8, 4) is 0 Å². The van der Waals surface area contributed by atoms with Crippen LogP contribution in [0.5, 0.6) is 0 Å². The molecule has 0 aliphatic heterocycles. The number of aromatic nitrogens is 1. The third-order valence-electron chi connectivity index (χ3n) is 3.61. The number of urea groups is 1. The number of nitrogens with zero attached hydrogens (tertiary/aromatic N) is 1. The van der Waals surface area contributed by atoms with Gasteiger partial charge >= 0.3 is 18.4 Å². The minimum Gasteiger partial charge on any atom is -0.376 e. The summed E-state index contributed by atoms with van der Waals surface area (Å²) in [5, 5.41) is 12.3. The van der Waals surface area contributed by atoms with Crippen molar-refractivity contribution in [1.82, 2.24) is 10.3 Å². The average molecular weight is 482 g/mol. The number of anilines is 1. The summed E-state index contributed by atoms with van der Waals surface area (Å²) < 4.78 is 76.3. The van der Waals surface area contributed by atoms with E-state index in [-0.39, 0.29) is 27.2 Å². The van der Waals surface area contributed by atoms with Gasteiger partial charge in [0.15, 0.2) is 10.6 Å². The molecule has 14 heteroatoms. The lowest BCUT2D eigenvalue weighted by atomic mass is 9.95. The Labute approximate surface area is 173 Å². The van der Waals surface area contributed by atoms with Crippen LogP contribution in [0.25, 0.3) is 0 Å². The third kappa shape index (κ3) is 5.44. The van der Waals surface area contributed by atoms with Gasteiger partial charge in [0.05, 0.1) is 22.3 Å². The second kappa shape index (κ2) is 8.17. The Morgan fingerprint density at radius 3 is 2.17 bits per heavy atom. The number of rotatable bonds is 4. The molecule has 160 valence electrons. The number of benzene rings is 1. The SMILES string of the molecule is CC(O)(c1cc(Cl)c(NC(=O)NCc2cnc(C(F)(F)F)s2)c(Cl)c1)C(F)(F)F. The van der Waals surface area contributed by atoms with Crippen LogP contribution in [0.4, 0.5) is 36.8 Å². The molecule has 0 saturated heterocycles. The molecule has 1 aromatic carbocycles. The molecule has 0 aliphatic rings. The van der Waals surface area contributed by atoms with Gasteiger partial charge in [-0.3, -0.25) is 0 Å². The number of carbonyl (C=O) groups is 1. The number of nitrogens with one attached hydrogen (secondary N) is 2. The Balaban J connectivity index is 2.10. The lowest BCUT2D eigenvalue weighted by Crippen LogP contribution is -2.39. The van der Waals surface area contributed by atoms with Crippen LogP contribution in [0.1, 0.15) is 22.4 Å². The molecule has 0 aliphatic carbocycles. The second-order valence-corrected chi connectivity index (χ2v) is 7.75. The van der Waals surface area contributed by atoms with Gasteiger partial charge in [-0.05, 0) is 24.6 Å². The van der Waals surface area contributed by atoms with Crippen LogP contribution in [-0.2, 0) is 18.3 Å². The number of aliphatic hydroxyl groups is 1. The fourth-order valence-corrected chi connectivity index (χ4v) is 3.28. The summed E-state index contributed by atoms with van der Waals surface area (Å²) in [5.41, 5.74) is -4.12. The Morgan fingerprint density at radius 1 is 1.17 bits per heavy atom. The fourth-order valence-electron chi connectivity index (χ4n) is 1.98. The van der Waals surface area contributed by atoms with E-state index in [1.165, 1.54) is 0 Å². The Kier molecular flexibility index (Phi) is 6.62. The molecule has 0 fully saturated rings. The van der Waals surface area contributed by atoms with Crippen molar-refractivity contribution < 1.29 is 36.2 Å².